The van der Waals surface area contributed by atoms with E-state index < -0.39 is 0 Å². The summed E-state index contributed by atoms with van der Waals surface area (Å²) in [7, 11) is 4.56. The number of benzene rings is 2. The molecule has 0 saturated heterocycles. The summed E-state index contributed by atoms with van der Waals surface area (Å²) < 4.78 is 22.8. The second-order valence-corrected chi connectivity index (χ2v) is 8.29. The van der Waals surface area contributed by atoms with Crippen LogP contribution in [0.3, 0.4) is 0 Å². The van der Waals surface area contributed by atoms with Crippen LogP contribution in [0.4, 0.5) is 5.13 Å². The zero-order chi connectivity index (χ0) is 22.8. The van der Waals surface area contributed by atoms with E-state index in [0.717, 1.165) is 15.8 Å². The Labute approximate surface area is 190 Å². The van der Waals surface area contributed by atoms with Gasteiger partial charge in [0.05, 0.1) is 44.4 Å². The number of amides is 1. The zero-order valence-corrected chi connectivity index (χ0v) is 19.4. The van der Waals surface area contributed by atoms with Crippen molar-refractivity contribution in [2.75, 3.05) is 26.2 Å². The fourth-order valence-electron chi connectivity index (χ4n) is 3.43. The van der Waals surface area contributed by atoms with Gasteiger partial charge in [-0.15, -0.1) is 0 Å². The number of aromatic nitrogens is 1. The summed E-state index contributed by atoms with van der Waals surface area (Å²) in [6.07, 6.45) is 1.59. The minimum Gasteiger partial charge on any atom is -0.493 e. The van der Waals surface area contributed by atoms with Crippen LogP contribution >= 0.6 is 11.3 Å². The first kappa shape index (κ1) is 21.7. The van der Waals surface area contributed by atoms with E-state index in [1.54, 1.807) is 29.4 Å². The molecule has 4 aromatic rings. The van der Waals surface area contributed by atoms with Crippen molar-refractivity contribution in [3.63, 3.8) is 0 Å². The van der Waals surface area contributed by atoms with Gasteiger partial charge < -0.3 is 18.6 Å². The molecule has 7 nitrogen and oxygen atoms in total. The fraction of sp³-hybridized carbons (Fsp3) is 0.250. The van der Waals surface area contributed by atoms with Crippen molar-refractivity contribution in [3.05, 3.63) is 65.1 Å². The number of aryl methyl sites for hydroxylation is 2. The predicted octanol–water partition coefficient (Wildman–Crippen LogP) is 5.38. The highest BCUT2D eigenvalue weighted by atomic mass is 32.1. The Hall–Kier alpha value is -3.52. The summed E-state index contributed by atoms with van der Waals surface area (Å²) in [5.74, 6) is 1.63. The molecule has 1 amide bonds. The largest absolute Gasteiger partial charge is 0.493 e. The van der Waals surface area contributed by atoms with Gasteiger partial charge in [-0.05, 0) is 61.4 Å². The van der Waals surface area contributed by atoms with E-state index in [-0.39, 0.29) is 12.5 Å². The molecule has 0 atom stereocenters. The van der Waals surface area contributed by atoms with Gasteiger partial charge in [-0.25, -0.2) is 4.98 Å². The van der Waals surface area contributed by atoms with Gasteiger partial charge in [0.2, 0.25) is 5.75 Å². The number of rotatable bonds is 7. The summed E-state index contributed by atoms with van der Waals surface area (Å²) >= 11 is 1.47. The van der Waals surface area contributed by atoms with E-state index in [1.807, 2.05) is 12.1 Å². The topological polar surface area (TPSA) is 74.0 Å². The third-order valence-electron chi connectivity index (χ3n) is 5.27. The lowest BCUT2D eigenvalue weighted by molar-refractivity contribution is 0.0982. The third kappa shape index (κ3) is 4.01. The number of hydrogen-bond donors (Lipinski definition) is 0. The Morgan fingerprint density at radius 2 is 1.72 bits per heavy atom. The molecule has 0 aliphatic heterocycles. The number of nitrogens with zero attached hydrogens (tertiary/aromatic N) is 2. The zero-order valence-electron chi connectivity index (χ0n) is 18.6. The highest BCUT2D eigenvalue weighted by molar-refractivity contribution is 7.22. The summed E-state index contributed by atoms with van der Waals surface area (Å²) in [4.78, 5) is 20.1. The van der Waals surface area contributed by atoms with Crippen LogP contribution in [0.15, 0.2) is 47.1 Å². The molecular weight excluding hydrogens is 428 g/mol. The molecule has 0 spiro atoms. The van der Waals surface area contributed by atoms with Crippen LogP contribution < -0.4 is 19.1 Å². The van der Waals surface area contributed by atoms with Crippen LogP contribution in [-0.2, 0) is 6.54 Å². The second kappa shape index (κ2) is 8.92. The maximum Gasteiger partial charge on any atom is 0.260 e. The highest BCUT2D eigenvalue weighted by Crippen LogP contribution is 2.39. The smallest absolute Gasteiger partial charge is 0.260 e. The minimum absolute atomic E-state index is 0.236. The molecule has 8 heteroatoms. The third-order valence-corrected chi connectivity index (χ3v) is 6.32. The summed E-state index contributed by atoms with van der Waals surface area (Å²) in [6.45, 7) is 4.35. The lowest BCUT2D eigenvalue weighted by atomic mass is 10.1. The van der Waals surface area contributed by atoms with Crippen molar-refractivity contribution in [1.82, 2.24) is 4.98 Å². The molecule has 0 saturated carbocycles. The number of carbonyl (C=O) groups excluding carboxylic acids is 1. The molecule has 2 heterocycles. The number of thiazole rings is 1. The molecule has 0 N–H and O–H groups in total. The molecule has 0 fully saturated rings. The molecule has 4 rings (SSSR count). The molecule has 166 valence electrons. The predicted molar refractivity (Wildman–Crippen MR) is 124 cm³/mol. The fourth-order valence-corrected chi connectivity index (χ4v) is 4.47. The van der Waals surface area contributed by atoms with Gasteiger partial charge in [0.1, 0.15) is 5.76 Å². The molecule has 2 aromatic carbocycles. The highest BCUT2D eigenvalue weighted by Gasteiger charge is 2.26. The molecule has 0 aliphatic rings. The molecule has 0 aliphatic carbocycles. The van der Waals surface area contributed by atoms with Gasteiger partial charge in [0, 0.05) is 5.56 Å². The number of methoxy groups -OCH3 is 3. The Morgan fingerprint density at radius 3 is 2.31 bits per heavy atom. The number of furan rings is 1. The Morgan fingerprint density at radius 1 is 1.03 bits per heavy atom. The van der Waals surface area contributed by atoms with Crippen LogP contribution in [0.1, 0.15) is 27.2 Å². The van der Waals surface area contributed by atoms with E-state index in [2.05, 4.69) is 19.9 Å². The van der Waals surface area contributed by atoms with E-state index in [1.165, 1.54) is 38.2 Å². The number of fused-ring (bicyclic) bond motifs is 1. The number of carbonyl (C=O) groups is 1. The van der Waals surface area contributed by atoms with Crippen molar-refractivity contribution in [2.24, 2.45) is 0 Å². The first-order valence-electron chi connectivity index (χ1n) is 9.97. The Balaban J connectivity index is 1.81. The van der Waals surface area contributed by atoms with Crippen molar-refractivity contribution < 1.29 is 23.4 Å². The van der Waals surface area contributed by atoms with Crippen LogP contribution in [0.2, 0.25) is 0 Å². The van der Waals surface area contributed by atoms with Crippen LogP contribution in [-0.4, -0.2) is 32.2 Å². The van der Waals surface area contributed by atoms with Gasteiger partial charge in [-0.2, -0.15) is 0 Å². The second-order valence-electron chi connectivity index (χ2n) is 7.29. The SMILES string of the molecule is COc1cc(C(=O)N(Cc2ccco2)c2nc3cc(C)c(C)cc3s2)cc(OC)c1OC. The summed E-state index contributed by atoms with van der Waals surface area (Å²) in [6, 6.07) is 11.0. The number of ether oxygens (including phenoxy) is 3. The van der Waals surface area contributed by atoms with Crippen molar-refractivity contribution in [2.45, 2.75) is 20.4 Å². The normalized spacial score (nSPS) is 10.9. The maximum absolute atomic E-state index is 13.7. The van der Waals surface area contributed by atoms with E-state index >= 15 is 0 Å². The van der Waals surface area contributed by atoms with Gasteiger partial charge >= 0.3 is 0 Å². The monoisotopic (exact) mass is 452 g/mol. The number of anilines is 1. The molecule has 0 radical (unpaired) electrons. The molecular formula is C24H24N2O5S. The molecule has 32 heavy (non-hydrogen) atoms. The van der Waals surface area contributed by atoms with Crippen molar-refractivity contribution in [1.29, 1.82) is 0 Å². The van der Waals surface area contributed by atoms with Gasteiger partial charge in [0.15, 0.2) is 16.6 Å². The van der Waals surface area contributed by atoms with E-state index in [4.69, 9.17) is 23.6 Å². The molecule has 0 bridgehead atoms. The van der Waals surface area contributed by atoms with Gasteiger partial charge in [-0.3, -0.25) is 9.69 Å². The first-order valence-corrected chi connectivity index (χ1v) is 10.8. The minimum atomic E-state index is -0.256. The van der Waals surface area contributed by atoms with E-state index in [0.29, 0.717) is 33.7 Å². The van der Waals surface area contributed by atoms with E-state index in [9.17, 15) is 4.79 Å². The van der Waals surface area contributed by atoms with Crippen molar-refractivity contribution in [3.8, 4) is 17.2 Å². The average molecular weight is 453 g/mol. The Bertz CT molecular complexity index is 1200. The van der Waals surface area contributed by atoms with Gasteiger partial charge in [-0.1, -0.05) is 11.3 Å². The molecule has 0 unspecified atom stereocenters. The lowest BCUT2D eigenvalue weighted by Gasteiger charge is -2.20. The standard InChI is InChI=1S/C24H24N2O5S/c1-14-9-18-21(10-15(14)2)32-24(25-18)26(13-17-7-6-8-31-17)23(27)16-11-19(28-3)22(30-5)20(12-16)29-4/h6-12H,13H2,1-5H3. The van der Waals surface area contributed by atoms with Crippen molar-refractivity contribution >= 4 is 32.6 Å². The summed E-state index contributed by atoms with van der Waals surface area (Å²) in [5.41, 5.74) is 3.58. The maximum atomic E-state index is 13.7. The number of hydrogen-bond acceptors (Lipinski definition) is 7. The molecule has 2 aromatic heterocycles. The van der Waals surface area contributed by atoms with Gasteiger partial charge in [0.25, 0.3) is 5.91 Å². The van der Waals surface area contributed by atoms with Crippen LogP contribution in [0.5, 0.6) is 17.2 Å². The lowest BCUT2D eigenvalue weighted by Crippen LogP contribution is -2.30. The Kier molecular flexibility index (Phi) is 6.05. The van der Waals surface area contributed by atoms with Crippen LogP contribution in [0, 0.1) is 13.8 Å². The average Bonchev–Trinajstić information content (AvgIpc) is 3.45. The quantitative estimate of drug-likeness (QED) is 0.375. The first-order chi connectivity index (χ1) is 15.4. The van der Waals surface area contributed by atoms with Crippen LogP contribution in [0.25, 0.3) is 10.2 Å². The summed E-state index contributed by atoms with van der Waals surface area (Å²) in [5, 5.41) is 0.583.